The molecule has 6 nitrogen and oxygen atoms in total. The Morgan fingerprint density at radius 1 is 1.58 bits per heavy atom. The first-order chi connectivity index (χ1) is 8.62. The summed E-state index contributed by atoms with van der Waals surface area (Å²) in [5, 5.41) is 3.44. The predicted molar refractivity (Wildman–Crippen MR) is 76.0 cm³/mol. The number of rotatable bonds is 6. The molecular formula is C11H21ClN4O2S. The Morgan fingerprint density at radius 2 is 2.37 bits per heavy atom. The Kier molecular flexibility index (Phi) is 6.25. The Balaban J connectivity index is 0.00000180. The van der Waals surface area contributed by atoms with Gasteiger partial charge in [-0.2, -0.15) is 0 Å². The topological polar surface area (TPSA) is 76.0 Å². The monoisotopic (exact) mass is 308 g/mol. The van der Waals surface area contributed by atoms with Gasteiger partial charge in [0.15, 0.2) is 5.03 Å². The van der Waals surface area contributed by atoms with Crippen LogP contribution in [0.1, 0.15) is 26.2 Å². The lowest BCUT2D eigenvalue weighted by atomic mass is 10.2. The van der Waals surface area contributed by atoms with Gasteiger partial charge in [0.05, 0.1) is 6.33 Å². The molecule has 0 spiro atoms. The van der Waals surface area contributed by atoms with Crippen molar-refractivity contribution < 1.29 is 8.42 Å². The van der Waals surface area contributed by atoms with Gasteiger partial charge in [-0.3, -0.25) is 0 Å². The number of sulfonamides is 1. The minimum atomic E-state index is -3.45. The summed E-state index contributed by atoms with van der Waals surface area (Å²) in [5.41, 5.74) is 0. The molecule has 8 heteroatoms. The van der Waals surface area contributed by atoms with Crippen LogP contribution < -0.4 is 10.0 Å². The number of halogens is 1. The molecule has 110 valence electrons. The highest BCUT2D eigenvalue weighted by atomic mass is 35.5. The fourth-order valence-electron chi connectivity index (χ4n) is 2.10. The van der Waals surface area contributed by atoms with Crippen LogP contribution >= 0.6 is 12.4 Å². The van der Waals surface area contributed by atoms with Gasteiger partial charge in [-0.1, -0.05) is 0 Å². The zero-order valence-corrected chi connectivity index (χ0v) is 12.6. The summed E-state index contributed by atoms with van der Waals surface area (Å²) in [6.07, 6.45) is 6.22. The number of hydrogen-bond acceptors (Lipinski definition) is 4. The molecule has 2 rings (SSSR count). The first-order valence-electron chi connectivity index (χ1n) is 6.36. The van der Waals surface area contributed by atoms with Gasteiger partial charge in [-0.15, -0.1) is 12.4 Å². The lowest BCUT2D eigenvalue weighted by Gasteiger charge is -2.10. The average molecular weight is 309 g/mol. The third kappa shape index (κ3) is 4.45. The highest BCUT2D eigenvalue weighted by Gasteiger charge is 2.18. The van der Waals surface area contributed by atoms with Gasteiger partial charge in [0, 0.05) is 25.3 Å². The van der Waals surface area contributed by atoms with Crippen LogP contribution in [0.25, 0.3) is 0 Å². The zero-order valence-electron chi connectivity index (χ0n) is 11.0. The molecule has 0 aliphatic carbocycles. The van der Waals surface area contributed by atoms with E-state index >= 15 is 0 Å². The van der Waals surface area contributed by atoms with Gasteiger partial charge in [0.2, 0.25) is 0 Å². The van der Waals surface area contributed by atoms with Gasteiger partial charge in [0.25, 0.3) is 10.0 Å². The Hall–Kier alpha value is -0.630. The van der Waals surface area contributed by atoms with Crippen molar-refractivity contribution in [1.82, 2.24) is 19.6 Å². The van der Waals surface area contributed by atoms with E-state index in [1.54, 1.807) is 10.8 Å². The van der Waals surface area contributed by atoms with Crippen LogP contribution in [-0.2, 0) is 16.6 Å². The lowest BCUT2D eigenvalue weighted by molar-refractivity contribution is 0.538. The van der Waals surface area contributed by atoms with Crippen molar-refractivity contribution in [2.45, 2.75) is 43.8 Å². The molecule has 0 saturated carbocycles. The highest BCUT2D eigenvalue weighted by Crippen LogP contribution is 2.09. The molecule has 0 amide bonds. The fourth-order valence-corrected chi connectivity index (χ4v) is 3.09. The zero-order chi connectivity index (χ0) is 13.0. The third-order valence-corrected chi connectivity index (χ3v) is 4.54. The molecule has 1 aliphatic heterocycles. The van der Waals surface area contributed by atoms with Gasteiger partial charge in [-0.05, 0) is 32.7 Å². The first-order valence-corrected chi connectivity index (χ1v) is 7.85. The van der Waals surface area contributed by atoms with Crippen LogP contribution in [0.5, 0.6) is 0 Å². The van der Waals surface area contributed by atoms with Crippen LogP contribution in [0.4, 0.5) is 0 Å². The molecule has 1 atom stereocenters. The first kappa shape index (κ1) is 16.4. The normalized spacial score (nSPS) is 19.3. The van der Waals surface area contributed by atoms with E-state index in [2.05, 4.69) is 15.0 Å². The van der Waals surface area contributed by atoms with Crippen LogP contribution in [0.15, 0.2) is 17.6 Å². The number of aryl methyl sites for hydroxylation is 1. The second-order valence-corrected chi connectivity index (χ2v) is 6.24. The summed E-state index contributed by atoms with van der Waals surface area (Å²) in [6, 6.07) is 0.445. The largest absolute Gasteiger partial charge is 0.336 e. The molecule has 0 aromatic carbocycles. The summed E-state index contributed by atoms with van der Waals surface area (Å²) >= 11 is 0. The second-order valence-electron chi connectivity index (χ2n) is 4.52. The van der Waals surface area contributed by atoms with E-state index in [0.717, 1.165) is 19.4 Å². The molecule has 1 aromatic heterocycles. The molecule has 2 N–H and O–H groups in total. The predicted octanol–water partition coefficient (Wildman–Crippen LogP) is 0.745. The van der Waals surface area contributed by atoms with E-state index in [1.807, 2.05) is 6.92 Å². The van der Waals surface area contributed by atoms with Crippen LogP contribution in [0, 0.1) is 0 Å². The Labute approximate surface area is 120 Å². The van der Waals surface area contributed by atoms with Crippen LogP contribution in [0.3, 0.4) is 0 Å². The number of aromatic nitrogens is 2. The highest BCUT2D eigenvalue weighted by molar-refractivity contribution is 7.89. The summed E-state index contributed by atoms with van der Waals surface area (Å²) in [5.74, 6) is 0. The standard InChI is InChI=1S/C11H20N4O2S.ClH/c1-2-15-8-11(13-9-15)18(16,17)14-7-5-10-4-3-6-12-10;/h8-10,12,14H,2-7H2,1H3;1H/t10-;/m1./s1. The van der Waals surface area contributed by atoms with Gasteiger partial charge < -0.3 is 9.88 Å². The molecular weight excluding hydrogens is 288 g/mol. The number of nitrogens with zero attached hydrogens (tertiary/aromatic N) is 2. The summed E-state index contributed by atoms with van der Waals surface area (Å²) in [7, 11) is -3.45. The van der Waals surface area contributed by atoms with Crippen molar-refractivity contribution in [1.29, 1.82) is 0 Å². The SMILES string of the molecule is CCn1cnc(S(=O)(=O)NCC[C@H]2CCCN2)c1.Cl. The molecule has 2 heterocycles. The maximum absolute atomic E-state index is 11.9. The van der Waals surface area contributed by atoms with Crippen molar-refractivity contribution in [3.63, 3.8) is 0 Å². The van der Waals surface area contributed by atoms with Crippen molar-refractivity contribution in [2.75, 3.05) is 13.1 Å². The van der Waals surface area contributed by atoms with E-state index < -0.39 is 10.0 Å². The van der Waals surface area contributed by atoms with Crippen molar-refractivity contribution in [3.8, 4) is 0 Å². The number of hydrogen-bond donors (Lipinski definition) is 2. The van der Waals surface area contributed by atoms with E-state index in [0.29, 0.717) is 19.1 Å². The Bertz CT molecular complexity index is 483. The summed E-state index contributed by atoms with van der Waals surface area (Å²) < 4.78 is 28.2. The van der Waals surface area contributed by atoms with Crippen molar-refractivity contribution >= 4 is 22.4 Å². The quantitative estimate of drug-likeness (QED) is 0.813. The maximum atomic E-state index is 11.9. The van der Waals surface area contributed by atoms with Crippen molar-refractivity contribution in [2.24, 2.45) is 0 Å². The number of imidazole rings is 1. The maximum Gasteiger partial charge on any atom is 0.259 e. The van der Waals surface area contributed by atoms with Crippen LogP contribution in [-0.4, -0.2) is 37.1 Å². The smallest absolute Gasteiger partial charge is 0.259 e. The van der Waals surface area contributed by atoms with E-state index in [4.69, 9.17) is 0 Å². The van der Waals surface area contributed by atoms with Crippen molar-refractivity contribution in [3.05, 3.63) is 12.5 Å². The van der Waals surface area contributed by atoms with Gasteiger partial charge >= 0.3 is 0 Å². The average Bonchev–Trinajstić information content (AvgIpc) is 2.99. The molecule has 0 bridgehead atoms. The lowest BCUT2D eigenvalue weighted by Crippen LogP contribution is -2.30. The molecule has 0 radical (unpaired) electrons. The Morgan fingerprint density at radius 3 is 2.95 bits per heavy atom. The minimum absolute atomic E-state index is 0. The van der Waals surface area contributed by atoms with E-state index in [9.17, 15) is 8.42 Å². The molecule has 1 saturated heterocycles. The number of nitrogens with one attached hydrogen (secondary N) is 2. The summed E-state index contributed by atoms with van der Waals surface area (Å²) in [6.45, 7) is 4.16. The minimum Gasteiger partial charge on any atom is -0.336 e. The molecule has 1 aromatic rings. The van der Waals surface area contributed by atoms with E-state index in [1.165, 1.54) is 12.7 Å². The second kappa shape index (κ2) is 7.23. The molecule has 0 unspecified atom stereocenters. The third-order valence-electron chi connectivity index (χ3n) is 3.20. The van der Waals surface area contributed by atoms with Gasteiger partial charge in [-0.25, -0.2) is 18.1 Å². The summed E-state index contributed by atoms with van der Waals surface area (Å²) in [4.78, 5) is 3.91. The molecule has 19 heavy (non-hydrogen) atoms. The fraction of sp³-hybridized carbons (Fsp3) is 0.727. The molecule has 1 aliphatic rings. The van der Waals surface area contributed by atoms with E-state index in [-0.39, 0.29) is 17.4 Å². The van der Waals surface area contributed by atoms with Crippen LogP contribution in [0.2, 0.25) is 0 Å². The van der Waals surface area contributed by atoms with Gasteiger partial charge in [0.1, 0.15) is 0 Å². The molecule has 1 fully saturated rings.